The number of aliphatic hydroxyl groups excluding tert-OH is 1. The van der Waals surface area contributed by atoms with Crippen molar-refractivity contribution in [3.63, 3.8) is 0 Å². The number of aromatic nitrogens is 3. The highest BCUT2D eigenvalue weighted by Gasteiger charge is 2.11. The summed E-state index contributed by atoms with van der Waals surface area (Å²) in [6.07, 6.45) is 5.40. The summed E-state index contributed by atoms with van der Waals surface area (Å²) in [7, 11) is 0. The molecule has 0 saturated heterocycles. The van der Waals surface area contributed by atoms with Crippen molar-refractivity contribution < 1.29 is 5.11 Å². The van der Waals surface area contributed by atoms with Crippen LogP contribution in [-0.2, 0) is 0 Å². The molecule has 1 N–H and O–H groups in total. The fourth-order valence-corrected chi connectivity index (χ4v) is 1.56. The maximum atomic E-state index is 9.15. The average Bonchev–Trinajstić information content (AvgIpc) is 2.78. The molecule has 0 radical (unpaired) electrons. The van der Waals surface area contributed by atoms with E-state index in [2.05, 4.69) is 9.97 Å². The summed E-state index contributed by atoms with van der Waals surface area (Å²) in [5, 5.41) is 9.15. The SMILES string of the molecule is Cc1ccc(-c2nccn2[C@H](C)CO)nc1. The first-order valence-corrected chi connectivity index (χ1v) is 5.29. The third-order valence-corrected chi connectivity index (χ3v) is 2.55. The molecule has 4 nitrogen and oxygen atoms in total. The molecule has 0 unspecified atom stereocenters. The Hall–Kier alpha value is -1.68. The fourth-order valence-electron chi connectivity index (χ4n) is 1.56. The molecular formula is C12H15N3O. The summed E-state index contributed by atoms with van der Waals surface area (Å²) in [4.78, 5) is 8.61. The van der Waals surface area contributed by atoms with Crippen molar-refractivity contribution in [3.8, 4) is 11.5 Å². The number of aryl methyl sites for hydroxylation is 1. The van der Waals surface area contributed by atoms with Crippen LogP contribution in [-0.4, -0.2) is 26.2 Å². The molecule has 84 valence electrons. The molecule has 0 fully saturated rings. The van der Waals surface area contributed by atoms with Crippen LogP contribution in [0.15, 0.2) is 30.7 Å². The molecular weight excluding hydrogens is 202 g/mol. The monoisotopic (exact) mass is 217 g/mol. The molecule has 2 heterocycles. The highest BCUT2D eigenvalue weighted by Crippen LogP contribution is 2.18. The highest BCUT2D eigenvalue weighted by molar-refractivity contribution is 5.50. The Morgan fingerprint density at radius 2 is 2.19 bits per heavy atom. The number of rotatable bonds is 3. The summed E-state index contributed by atoms with van der Waals surface area (Å²) in [5.41, 5.74) is 1.95. The van der Waals surface area contributed by atoms with Crippen molar-refractivity contribution in [1.29, 1.82) is 0 Å². The molecule has 0 aliphatic carbocycles. The van der Waals surface area contributed by atoms with E-state index in [1.807, 2.05) is 42.9 Å². The number of hydrogen-bond acceptors (Lipinski definition) is 3. The predicted molar refractivity (Wildman–Crippen MR) is 62.0 cm³/mol. The molecule has 1 atom stereocenters. The molecule has 0 amide bonds. The van der Waals surface area contributed by atoms with Crippen LogP contribution in [0.4, 0.5) is 0 Å². The van der Waals surface area contributed by atoms with Gasteiger partial charge in [0.05, 0.1) is 12.6 Å². The van der Waals surface area contributed by atoms with E-state index in [1.165, 1.54) is 0 Å². The summed E-state index contributed by atoms with van der Waals surface area (Å²) < 4.78 is 1.93. The molecule has 0 aliphatic rings. The van der Waals surface area contributed by atoms with E-state index in [1.54, 1.807) is 6.20 Å². The Kier molecular flexibility index (Phi) is 3.01. The number of nitrogens with zero attached hydrogens (tertiary/aromatic N) is 3. The van der Waals surface area contributed by atoms with Gasteiger partial charge in [0, 0.05) is 18.6 Å². The number of imidazole rings is 1. The lowest BCUT2D eigenvalue weighted by molar-refractivity contribution is 0.239. The minimum atomic E-state index is 0.0144. The smallest absolute Gasteiger partial charge is 0.158 e. The lowest BCUT2D eigenvalue weighted by atomic mass is 10.2. The van der Waals surface area contributed by atoms with Gasteiger partial charge in [0.1, 0.15) is 5.69 Å². The number of aliphatic hydroxyl groups is 1. The summed E-state index contributed by atoms with van der Waals surface area (Å²) >= 11 is 0. The van der Waals surface area contributed by atoms with Gasteiger partial charge in [0.2, 0.25) is 0 Å². The first-order chi connectivity index (χ1) is 7.72. The third-order valence-electron chi connectivity index (χ3n) is 2.55. The van der Waals surface area contributed by atoms with Gasteiger partial charge in [-0.1, -0.05) is 6.07 Å². The maximum absolute atomic E-state index is 9.15. The fraction of sp³-hybridized carbons (Fsp3) is 0.333. The Balaban J connectivity index is 2.40. The lowest BCUT2D eigenvalue weighted by Gasteiger charge is -2.13. The predicted octanol–water partition coefficient (Wildman–Crippen LogP) is 1.81. The Labute approximate surface area is 94.6 Å². The van der Waals surface area contributed by atoms with Crippen LogP contribution in [0, 0.1) is 6.92 Å². The molecule has 0 spiro atoms. The van der Waals surface area contributed by atoms with E-state index in [0.29, 0.717) is 0 Å². The molecule has 2 aromatic heterocycles. The second-order valence-electron chi connectivity index (χ2n) is 3.91. The molecule has 0 saturated carbocycles. The van der Waals surface area contributed by atoms with Gasteiger partial charge in [0.15, 0.2) is 5.82 Å². The molecule has 2 rings (SSSR count). The molecule has 2 aromatic rings. The quantitative estimate of drug-likeness (QED) is 0.853. The van der Waals surface area contributed by atoms with Gasteiger partial charge in [-0.15, -0.1) is 0 Å². The van der Waals surface area contributed by atoms with Crippen molar-refractivity contribution in [1.82, 2.24) is 14.5 Å². The second-order valence-corrected chi connectivity index (χ2v) is 3.91. The van der Waals surface area contributed by atoms with Crippen LogP contribution in [0.25, 0.3) is 11.5 Å². The second kappa shape index (κ2) is 4.45. The Morgan fingerprint density at radius 1 is 1.38 bits per heavy atom. The van der Waals surface area contributed by atoms with Crippen LogP contribution in [0.1, 0.15) is 18.5 Å². The van der Waals surface area contributed by atoms with E-state index in [4.69, 9.17) is 5.11 Å². The first kappa shape index (κ1) is 10.8. The van der Waals surface area contributed by atoms with Gasteiger partial charge >= 0.3 is 0 Å². The zero-order chi connectivity index (χ0) is 11.5. The van der Waals surface area contributed by atoms with Gasteiger partial charge in [-0.05, 0) is 25.5 Å². The molecule has 0 aromatic carbocycles. The van der Waals surface area contributed by atoms with E-state index >= 15 is 0 Å². The first-order valence-electron chi connectivity index (χ1n) is 5.29. The van der Waals surface area contributed by atoms with Crippen LogP contribution < -0.4 is 0 Å². The van der Waals surface area contributed by atoms with Crippen molar-refractivity contribution in [2.24, 2.45) is 0 Å². The molecule has 0 aliphatic heterocycles. The van der Waals surface area contributed by atoms with Crippen molar-refractivity contribution in [2.45, 2.75) is 19.9 Å². The van der Waals surface area contributed by atoms with Crippen LogP contribution in [0.2, 0.25) is 0 Å². The summed E-state index contributed by atoms with van der Waals surface area (Å²) in [6, 6.07) is 3.96. The highest BCUT2D eigenvalue weighted by atomic mass is 16.3. The van der Waals surface area contributed by atoms with Gasteiger partial charge < -0.3 is 9.67 Å². The zero-order valence-electron chi connectivity index (χ0n) is 9.46. The summed E-state index contributed by atoms with van der Waals surface area (Å²) in [5.74, 6) is 0.793. The Morgan fingerprint density at radius 3 is 2.81 bits per heavy atom. The number of hydrogen-bond donors (Lipinski definition) is 1. The normalized spacial score (nSPS) is 12.7. The minimum absolute atomic E-state index is 0.0144. The molecule has 0 bridgehead atoms. The topological polar surface area (TPSA) is 50.9 Å². The average molecular weight is 217 g/mol. The zero-order valence-corrected chi connectivity index (χ0v) is 9.46. The number of pyridine rings is 1. The van der Waals surface area contributed by atoms with Crippen LogP contribution in [0.3, 0.4) is 0 Å². The van der Waals surface area contributed by atoms with Crippen LogP contribution >= 0.6 is 0 Å². The van der Waals surface area contributed by atoms with Gasteiger partial charge in [-0.25, -0.2) is 4.98 Å². The largest absolute Gasteiger partial charge is 0.394 e. The van der Waals surface area contributed by atoms with E-state index in [0.717, 1.165) is 17.1 Å². The van der Waals surface area contributed by atoms with E-state index in [-0.39, 0.29) is 12.6 Å². The van der Waals surface area contributed by atoms with E-state index < -0.39 is 0 Å². The third kappa shape index (κ3) is 1.97. The van der Waals surface area contributed by atoms with E-state index in [9.17, 15) is 0 Å². The van der Waals surface area contributed by atoms with Gasteiger partial charge in [-0.3, -0.25) is 4.98 Å². The van der Waals surface area contributed by atoms with Crippen molar-refractivity contribution >= 4 is 0 Å². The van der Waals surface area contributed by atoms with Gasteiger partial charge in [0.25, 0.3) is 0 Å². The maximum Gasteiger partial charge on any atom is 0.158 e. The molecule has 4 heteroatoms. The van der Waals surface area contributed by atoms with Crippen molar-refractivity contribution in [2.75, 3.05) is 6.61 Å². The lowest BCUT2D eigenvalue weighted by Crippen LogP contribution is -2.10. The molecule has 16 heavy (non-hydrogen) atoms. The Bertz CT molecular complexity index is 461. The van der Waals surface area contributed by atoms with Crippen LogP contribution in [0.5, 0.6) is 0 Å². The minimum Gasteiger partial charge on any atom is -0.394 e. The standard InChI is InChI=1S/C12H15N3O/c1-9-3-4-11(14-7-9)12-13-5-6-15(12)10(2)8-16/h3-7,10,16H,8H2,1-2H3/t10-/m1/s1. The van der Waals surface area contributed by atoms with Gasteiger partial charge in [-0.2, -0.15) is 0 Å². The van der Waals surface area contributed by atoms with Crippen molar-refractivity contribution in [3.05, 3.63) is 36.3 Å². The summed E-state index contributed by atoms with van der Waals surface area (Å²) in [6.45, 7) is 4.04.